The Labute approximate surface area is 136 Å². The van der Waals surface area contributed by atoms with Crippen molar-refractivity contribution >= 4 is 34.2 Å². The first-order valence-electron chi connectivity index (χ1n) is 6.84. The van der Waals surface area contributed by atoms with Crippen LogP contribution in [0.4, 0.5) is 5.69 Å². The van der Waals surface area contributed by atoms with Crippen molar-refractivity contribution < 1.29 is 14.5 Å². The first-order valence-corrected chi connectivity index (χ1v) is 7.91. The van der Waals surface area contributed by atoms with Crippen molar-refractivity contribution in [3.05, 3.63) is 37.4 Å². The van der Waals surface area contributed by atoms with Crippen LogP contribution in [0.15, 0.2) is 18.2 Å². The number of non-ortho nitro benzene ring substituents is 1. The second-order valence-electron chi connectivity index (χ2n) is 4.99. The molecule has 1 saturated heterocycles. The molecule has 1 aliphatic rings. The number of nitro benzene ring substituents is 1. The zero-order chi connectivity index (χ0) is 15.4. The van der Waals surface area contributed by atoms with E-state index in [0.717, 1.165) is 16.6 Å². The molecule has 0 radical (unpaired) electrons. The number of rotatable bonds is 5. The topological polar surface area (TPSA) is 72.7 Å². The molecule has 6 nitrogen and oxygen atoms in total. The van der Waals surface area contributed by atoms with Gasteiger partial charge in [-0.1, -0.05) is 0 Å². The summed E-state index contributed by atoms with van der Waals surface area (Å²) < 4.78 is 6.06. The molecular formula is C14H17IN2O4. The summed E-state index contributed by atoms with van der Waals surface area (Å²) in [6, 6.07) is 4.38. The fourth-order valence-corrected chi connectivity index (χ4v) is 2.92. The summed E-state index contributed by atoms with van der Waals surface area (Å²) in [4.78, 5) is 24.7. The minimum Gasteiger partial charge on any atom is -0.381 e. The summed E-state index contributed by atoms with van der Waals surface area (Å²) in [6.45, 7) is 4.54. The summed E-state index contributed by atoms with van der Waals surface area (Å²) >= 11 is 2.04. The molecule has 0 bridgehead atoms. The predicted molar refractivity (Wildman–Crippen MR) is 86.3 cm³/mol. The van der Waals surface area contributed by atoms with Gasteiger partial charge in [0.05, 0.1) is 17.1 Å². The van der Waals surface area contributed by atoms with Crippen LogP contribution in [-0.2, 0) is 4.74 Å². The van der Waals surface area contributed by atoms with Gasteiger partial charge >= 0.3 is 0 Å². The van der Waals surface area contributed by atoms with E-state index in [-0.39, 0.29) is 11.6 Å². The summed E-state index contributed by atoms with van der Waals surface area (Å²) in [5.41, 5.74) is 0.338. The fraction of sp³-hybridized carbons (Fsp3) is 0.500. The van der Waals surface area contributed by atoms with Crippen LogP contribution in [0, 0.1) is 19.6 Å². The Hall–Kier alpha value is -1.22. The molecule has 1 amide bonds. The molecule has 1 atom stereocenters. The Bertz CT molecular complexity index is 544. The van der Waals surface area contributed by atoms with Crippen molar-refractivity contribution in [2.75, 3.05) is 26.3 Å². The number of halogens is 1. The van der Waals surface area contributed by atoms with E-state index >= 15 is 0 Å². The molecule has 0 aliphatic carbocycles. The van der Waals surface area contributed by atoms with Crippen molar-refractivity contribution in [2.24, 2.45) is 5.92 Å². The van der Waals surface area contributed by atoms with Gasteiger partial charge in [0.15, 0.2) is 0 Å². The minimum atomic E-state index is -0.478. The lowest BCUT2D eigenvalue weighted by atomic mass is 10.1. The van der Waals surface area contributed by atoms with Crippen LogP contribution < -0.4 is 0 Å². The van der Waals surface area contributed by atoms with Crippen LogP contribution >= 0.6 is 22.6 Å². The fourth-order valence-electron chi connectivity index (χ4n) is 2.36. The Kier molecular flexibility index (Phi) is 5.51. The number of hydrogen-bond donors (Lipinski definition) is 0. The maximum Gasteiger partial charge on any atom is 0.270 e. The van der Waals surface area contributed by atoms with E-state index < -0.39 is 4.92 Å². The number of carbonyl (C=O) groups is 1. The van der Waals surface area contributed by atoms with Gasteiger partial charge in [0.25, 0.3) is 11.6 Å². The number of hydrogen-bond acceptors (Lipinski definition) is 4. The number of amides is 1. The smallest absolute Gasteiger partial charge is 0.270 e. The van der Waals surface area contributed by atoms with Crippen LogP contribution in [0.3, 0.4) is 0 Å². The lowest BCUT2D eigenvalue weighted by Crippen LogP contribution is -2.36. The third-order valence-electron chi connectivity index (χ3n) is 3.56. The summed E-state index contributed by atoms with van der Waals surface area (Å²) in [6.07, 6.45) is 0.954. The maximum atomic E-state index is 12.6. The largest absolute Gasteiger partial charge is 0.381 e. The quantitative estimate of drug-likeness (QED) is 0.430. The van der Waals surface area contributed by atoms with Gasteiger partial charge < -0.3 is 9.64 Å². The molecule has 0 N–H and O–H groups in total. The average Bonchev–Trinajstić information content (AvgIpc) is 2.97. The van der Waals surface area contributed by atoms with Crippen molar-refractivity contribution in [1.29, 1.82) is 0 Å². The lowest BCUT2D eigenvalue weighted by molar-refractivity contribution is -0.384. The van der Waals surface area contributed by atoms with Crippen LogP contribution in [0.5, 0.6) is 0 Å². The molecule has 0 saturated carbocycles. The summed E-state index contributed by atoms with van der Waals surface area (Å²) in [7, 11) is 0. The number of carbonyl (C=O) groups excluding carboxylic acids is 1. The maximum absolute atomic E-state index is 12.6. The zero-order valence-electron chi connectivity index (χ0n) is 11.8. The van der Waals surface area contributed by atoms with Gasteiger partial charge in [-0.25, -0.2) is 0 Å². The van der Waals surface area contributed by atoms with E-state index in [0.29, 0.717) is 31.2 Å². The first kappa shape index (κ1) is 16.2. The SMILES string of the molecule is CCN(CC1CCOC1)C(=O)c1cc([N+](=O)[O-])ccc1I. The molecular weight excluding hydrogens is 387 g/mol. The monoisotopic (exact) mass is 404 g/mol. The Morgan fingerprint density at radius 3 is 2.90 bits per heavy atom. The molecule has 0 aromatic heterocycles. The van der Waals surface area contributed by atoms with E-state index in [1.807, 2.05) is 29.5 Å². The lowest BCUT2D eigenvalue weighted by Gasteiger charge is -2.24. The Morgan fingerprint density at radius 1 is 1.57 bits per heavy atom. The van der Waals surface area contributed by atoms with Crippen LogP contribution in [0.2, 0.25) is 0 Å². The van der Waals surface area contributed by atoms with Crippen LogP contribution in [0.25, 0.3) is 0 Å². The standard InChI is InChI=1S/C14H17IN2O4/c1-2-16(8-10-5-6-21-9-10)14(18)12-7-11(17(19)20)3-4-13(12)15/h3-4,7,10H,2,5-6,8-9H2,1H3. The average molecular weight is 404 g/mol. The Balaban J connectivity index is 2.19. The third-order valence-corrected chi connectivity index (χ3v) is 4.50. The molecule has 7 heteroatoms. The van der Waals surface area contributed by atoms with Gasteiger partial charge in [-0.15, -0.1) is 0 Å². The third kappa shape index (κ3) is 3.91. The van der Waals surface area contributed by atoms with Gasteiger partial charge in [-0.2, -0.15) is 0 Å². The number of nitrogens with zero attached hydrogens (tertiary/aromatic N) is 2. The van der Waals surface area contributed by atoms with E-state index in [2.05, 4.69) is 0 Å². The van der Waals surface area contributed by atoms with Crippen molar-refractivity contribution in [2.45, 2.75) is 13.3 Å². The number of benzene rings is 1. The van der Waals surface area contributed by atoms with Gasteiger partial charge in [-0.3, -0.25) is 14.9 Å². The highest BCUT2D eigenvalue weighted by atomic mass is 127. The highest BCUT2D eigenvalue weighted by Crippen LogP contribution is 2.22. The highest BCUT2D eigenvalue weighted by Gasteiger charge is 2.24. The molecule has 1 aromatic carbocycles. The van der Waals surface area contributed by atoms with E-state index in [1.54, 1.807) is 11.0 Å². The molecule has 0 spiro atoms. The van der Waals surface area contributed by atoms with Crippen molar-refractivity contribution in [1.82, 2.24) is 4.90 Å². The van der Waals surface area contributed by atoms with Gasteiger partial charge in [0, 0.05) is 41.3 Å². The Morgan fingerprint density at radius 2 is 2.33 bits per heavy atom. The normalized spacial score (nSPS) is 17.7. The van der Waals surface area contributed by atoms with Crippen molar-refractivity contribution in [3.63, 3.8) is 0 Å². The molecule has 21 heavy (non-hydrogen) atoms. The van der Waals surface area contributed by atoms with E-state index in [4.69, 9.17) is 4.74 Å². The summed E-state index contributed by atoms with van der Waals surface area (Å²) in [5.74, 6) is 0.197. The molecule has 1 aromatic rings. The van der Waals surface area contributed by atoms with Gasteiger partial charge in [0.1, 0.15) is 0 Å². The molecule has 1 fully saturated rings. The zero-order valence-corrected chi connectivity index (χ0v) is 13.9. The molecule has 1 heterocycles. The highest BCUT2D eigenvalue weighted by molar-refractivity contribution is 14.1. The van der Waals surface area contributed by atoms with Crippen molar-refractivity contribution in [3.8, 4) is 0 Å². The van der Waals surface area contributed by atoms with Crippen LogP contribution in [0.1, 0.15) is 23.7 Å². The second kappa shape index (κ2) is 7.17. The molecule has 1 aliphatic heterocycles. The predicted octanol–water partition coefficient (Wildman–Crippen LogP) is 2.70. The van der Waals surface area contributed by atoms with Crippen LogP contribution in [-0.4, -0.2) is 42.0 Å². The minimum absolute atomic E-state index is 0.0565. The van der Waals surface area contributed by atoms with E-state index in [1.165, 1.54) is 12.1 Å². The van der Waals surface area contributed by atoms with Gasteiger partial charge in [0.2, 0.25) is 0 Å². The second-order valence-corrected chi connectivity index (χ2v) is 6.16. The van der Waals surface area contributed by atoms with Gasteiger partial charge in [-0.05, 0) is 42.0 Å². The first-order chi connectivity index (χ1) is 10.0. The number of nitro groups is 1. The summed E-state index contributed by atoms with van der Waals surface area (Å²) in [5, 5.41) is 10.9. The molecule has 1 unspecified atom stereocenters. The number of ether oxygens (including phenoxy) is 1. The molecule has 114 valence electrons. The molecule has 2 rings (SSSR count). The van der Waals surface area contributed by atoms with E-state index in [9.17, 15) is 14.9 Å².